The maximum atomic E-state index is 14.7. The van der Waals surface area contributed by atoms with E-state index < -0.39 is 20.5 Å². The molecule has 0 amide bonds. The highest BCUT2D eigenvalue weighted by Crippen LogP contribution is 2.37. The van der Waals surface area contributed by atoms with Gasteiger partial charge in [-0.15, -0.1) is 10.2 Å². The van der Waals surface area contributed by atoms with Gasteiger partial charge in [0.1, 0.15) is 15.8 Å². The summed E-state index contributed by atoms with van der Waals surface area (Å²) in [6, 6.07) is 6.71. The van der Waals surface area contributed by atoms with Crippen molar-refractivity contribution in [1.82, 2.24) is 15.2 Å². The van der Waals surface area contributed by atoms with Crippen molar-refractivity contribution in [1.29, 1.82) is 0 Å². The highest BCUT2D eigenvalue weighted by atomic mass is 35.5. The van der Waals surface area contributed by atoms with Crippen LogP contribution >= 0.6 is 31.5 Å². The molecule has 0 fully saturated rings. The number of aryl methyl sites for hydroxylation is 1. The summed E-state index contributed by atoms with van der Waals surface area (Å²) in [4.78, 5) is 22.2. The number of nitrogens with one attached hydrogen (secondary N) is 1. The molecule has 3 N–H and O–H groups in total. The number of halogens is 2. The molecule has 8 nitrogen and oxygen atoms in total. The highest BCUT2D eigenvalue weighted by Gasteiger charge is 2.17. The van der Waals surface area contributed by atoms with E-state index in [4.69, 9.17) is 30.6 Å². The summed E-state index contributed by atoms with van der Waals surface area (Å²) < 4.78 is 25.0. The van der Waals surface area contributed by atoms with Crippen LogP contribution in [0.3, 0.4) is 0 Å². The molecule has 2 aromatic heterocycles. The molecule has 3 aromatic rings. The van der Waals surface area contributed by atoms with E-state index in [2.05, 4.69) is 20.5 Å². The number of anilines is 1. The SMILES string of the molecule is Cc1cc(-c2nnc(-c3cc(F)c(OCCC(C)OP(O)O)cc3Cl)s2)cc(NC(C)C)n1. The lowest BCUT2D eigenvalue weighted by Gasteiger charge is -2.14. The molecular formula is C21H25ClFN4O4PS. The molecule has 1 atom stereocenters. The molecule has 1 unspecified atom stereocenters. The molecule has 2 heterocycles. The van der Waals surface area contributed by atoms with Gasteiger partial charge < -0.3 is 24.4 Å². The van der Waals surface area contributed by atoms with Gasteiger partial charge in [0.15, 0.2) is 11.6 Å². The normalized spacial score (nSPS) is 12.4. The van der Waals surface area contributed by atoms with Gasteiger partial charge in [-0.05, 0) is 45.9 Å². The molecule has 0 saturated carbocycles. The first-order chi connectivity index (χ1) is 15.6. The molecule has 33 heavy (non-hydrogen) atoms. The standard InChI is InChI=1S/C21H25ClFN4O4PS/c1-11(2)24-19-8-14(7-12(3)25-19)20-26-27-21(33-20)15-9-17(23)18(10-16(15)22)30-6-5-13(4)31-32(28)29/h7-11,13,28-29H,5-6H2,1-4H3,(H,24,25). The number of aromatic nitrogens is 3. The number of ether oxygens (including phenoxy) is 1. The fourth-order valence-electron chi connectivity index (χ4n) is 2.96. The zero-order valence-electron chi connectivity index (χ0n) is 18.5. The Morgan fingerprint density at radius 3 is 2.58 bits per heavy atom. The fraction of sp³-hybridized carbons (Fsp3) is 0.381. The molecule has 0 aliphatic heterocycles. The fourth-order valence-corrected chi connectivity index (χ4v) is 4.55. The van der Waals surface area contributed by atoms with Gasteiger partial charge in [-0.3, -0.25) is 0 Å². The van der Waals surface area contributed by atoms with Crippen molar-refractivity contribution in [2.75, 3.05) is 11.9 Å². The molecule has 1 aromatic carbocycles. The van der Waals surface area contributed by atoms with Crippen LogP contribution in [0.5, 0.6) is 5.75 Å². The predicted molar refractivity (Wildman–Crippen MR) is 129 cm³/mol. The summed E-state index contributed by atoms with van der Waals surface area (Å²) in [6.45, 7) is 7.75. The van der Waals surface area contributed by atoms with Crippen LogP contribution in [-0.4, -0.2) is 43.7 Å². The minimum absolute atomic E-state index is 0.00916. The van der Waals surface area contributed by atoms with Crippen LogP contribution in [0.15, 0.2) is 24.3 Å². The van der Waals surface area contributed by atoms with Crippen molar-refractivity contribution in [3.63, 3.8) is 0 Å². The summed E-state index contributed by atoms with van der Waals surface area (Å²) in [5.41, 5.74) is 2.11. The molecular weight excluding hydrogens is 490 g/mol. The van der Waals surface area contributed by atoms with Crippen LogP contribution in [-0.2, 0) is 4.52 Å². The van der Waals surface area contributed by atoms with Crippen LogP contribution in [0.25, 0.3) is 21.1 Å². The van der Waals surface area contributed by atoms with Crippen LogP contribution in [0.4, 0.5) is 10.2 Å². The largest absolute Gasteiger partial charge is 0.490 e. The second-order valence-corrected chi connectivity index (χ2v) is 9.76. The third kappa shape index (κ3) is 7.27. The number of rotatable bonds is 10. The van der Waals surface area contributed by atoms with E-state index in [0.29, 0.717) is 22.0 Å². The molecule has 178 valence electrons. The number of hydrogen-bond acceptors (Lipinski definition) is 9. The van der Waals surface area contributed by atoms with Gasteiger partial charge in [-0.25, -0.2) is 9.37 Å². The first-order valence-corrected chi connectivity index (χ1v) is 12.5. The van der Waals surface area contributed by atoms with Crippen molar-refractivity contribution in [3.8, 4) is 26.9 Å². The van der Waals surface area contributed by atoms with Gasteiger partial charge in [0, 0.05) is 35.3 Å². The lowest BCUT2D eigenvalue weighted by Crippen LogP contribution is -2.11. The van der Waals surface area contributed by atoms with E-state index in [1.165, 1.54) is 23.5 Å². The molecule has 3 rings (SSSR count). The van der Waals surface area contributed by atoms with Crippen molar-refractivity contribution >= 4 is 37.4 Å². The zero-order chi connectivity index (χ0) is 24.1. The first kappa shape index (κ1) is 25.7. The monoisotopic (exact) mass is 514 g/mol. The first-order valence-electron chi connectivity index (χ1n) is 10.2. The summed E-state index contributed by atoms with van der Waals surface area (Å²) in [7, 11) is -2.44. The molecule has 12 heteroatoms. The van der Waals surface area contributed by atoms with Gasteiger partial charge in [0.2, 0.25) is 0 Å². The van der Waals surface area contributed by atoms with Crippen LogP contribution in [0.2, 0.25) is 5.02 Å². The van der Waals surface area contributed by atoms with E-state index in [-0.39, 0.29) is 23.4 Å². The Morgan fingerprint density at radius 1 is 1.15 bits per heavy atom. The molecule has 0 saturated heterocycles. The molecule has 0 radical (unpaired) electrons. The average Bonchev–Trinajstić information content (AvgIpc) is 3.18. The van der Waals surface area contributed by atoms with Crippen molar-refractivity contribution < 1.29 is 23.4 Å². The average molecular weight is 515 g/mol. The molecule has 0 aliphatic rings. The number of pyridine rings is 1. The summed E-state index contributed by atoms with van der Waals surface area (Å²) >= 11 is 7.69. The Morgan fingerprint density at radius 2 is 1.88 bits per heavy atom. The smallest absolute Gasteiger partial charge is 0.327 e. The maximum Gasteiger partial charge on any atom is 0.327 e. The van der Waals surface area contributed by atoms with Gasteiger partial charge in [0.05, 0.1) is 17.7 Å². The Hall–Kier alpha value is -1.94. The van der Waals surface area contributed by atoms with Crippen LogP contribution < -0.4 is 10.1 Å². The Bertz CT molecular complexity index is 1100. The van der Waals surface area contributed by atoms with Gasteiger partial charge in [-0.2, -0.15) is 0 Å². The van der Waals surface area contributed by atoms with Crippen molar-refractivity contribution in [2.24, 2.45) is 0 Å². The lowest BCUT2D eigenvalue weighted by atomic mass is 10.2. The summed E-state index contributed by atoms with van der Waals surface area (Å²) in [6.07, 6.45) is -0.103. The van der Waals surface area contributed by atoms with Crippen LogP contribution in [0, 0.1) is 12.7 Å². The third-order valence-electron chi connectivity index (χ3n) is 4.37. The van der Waals surface area contributed by atoms with Crippen LogP contribution in [0.1, 0.15) is 32.9 Å². The minimum atomic E-state index is -2.44. The summed E-state index contributed by atoms with van der Waals surface area (Å²) in [5, 5.41) is 13.2. The molecule has 0 aliphatic carbocycles. The minimum Gasteiger partial charge on any atom is -0.490 e. The lowest BCUT2D eigenvalue weighted by molar-refractivity contribution is 0.153. The second kappa shape index (κ2) is 11.5. The quantitative estimate of drug-likeness (QED) is 0.301. The third-order valence-corrected chi connectivity index (χ3v) is 6.24. The van der Waals surface area contributed by atoms with E-state index in [1.807, 2.05) is 32.9 Å². The molecule has 0 spiro atoms. The Labute approximate surface area is 201 Å². The zero-order valence-corrected chi connectivity index (χ0v) is 21.0. The van der Waals surface area contributed by atoms with E-state index in [1.54, 1.807) is 6.92 Å². The van der Waals surface area contributed by atoms with Gasteiger partial charge in [0.25, 0.3) is 0 Å². The number of benzene rings is 1. The highest BCUT2D eigenvalue weighted by molar-refractivity contribution is 7.39. The number of hydrogen-bond donors (Lipinski definition) is 3. The predicted octanol–water partition coefficient (Wildman–Crippen LogP) is 5.57. The van der Waals surface area contributed by atoms with Crippen molar-refractivity contribution in [2.45, 2.75) is 46.3 Å². The van der Waals surface area contributed by atoms with E-state index in [9.17, 15) is 4.39 Å². The second-order valence-electron chi connectivity index (χ2n) is 7.66. The number of nitrogens with zero attached hydrogens (tertiary/aromatic N) is 3. The Kier molecular flexibility index (Phi) is 8.92. The summed E-state index contributed by atoms with van der Waals surface area (Å²) in [5.74, 6) is 0.149. The molecule has 0 bridgehead atoms. The van der Waals surface area contributed by atoms with E-state index >= 15 is 0 Å². The van der Waals surface area contributed by atoms with Gasteiger partial charge >= 0.3 is 8.60 Å². The van der Waals surface area contributed by atoms with E-state index in [0.717, 1.165) is 17.1 Å². The Balaban J connectivity index is 1.76. The van der Waals surface area contributed by atoms with Gasteiger partial charge in [-0.1, -0.05) is 22.9 Å². The maximum absolute atomic E-state index is 14.7. The topological polar surface area (TPSA) is 110 Å². The van der Waals surface area contributed by atoms with Crippen molar-refractivity contribution in [3.05, 3.63) is 40.8 Å².